The normalized spacial score (nSPS) is 10.3. The van der Waals surface area contributed by atoms with Crippen molar-refractivity contribution >= 4 is 22.1 Å². The summed E-state index contributed by atoms with van der Waals surface area (Å²) < 4.78 is 27.6. The number of carboxylic acid groups (broad SMARTS) is 2. The molecule has 0 aliphatic carbocycles. The predicted molar refractivity (Wildman–Crippen MR) is 71.8 cm³/mol. The molecule has 3 N–H and O–H groups in total. The highest BCUT2D eigenvalue weighted by atomic mass is 32.2. The van der Waals surface area contributed by atoms with E-state index in [0.29, 0.717) is 6.42 Å². The average Bonchev–Trinajstić information content (AvgIpc) is 2.27. The third kappa shape index (κ3) is 6.30. The highest BCUT2D eigenvalue weighted by Crippen LogP contribution is 2.13. The van der Waals surface area contributed by atoms with Gasteiger partial charge in [0, 0.05) is 0 Å². The van der Waals surface area contributed by atoms with Crippen LogP contribution >= 0.6 is 0 Å². The van der Waals surface area contributed by atoms with E-state index in [9.17, 15) is 18.0 Å². The number of aromatic carboxylic acids is 2. The Morgan fingerprint density at radius 1 is 1.10 bits per heavy atom. The van der Waals surface area contributed by atoms with E-state index in [4.69, 9.17) is 14.8 Å². The van der Waals surface area contributed by atoms with Crippen LogP contribution in [0.5, 0.6) is 0 Å². The molecule has 0 bridgehead atoms. The van der Waals surface area contributed by atoms with Crippen LogP contribution in [-0.4, -0.2) is 40.9 Å². The fourth-order valence-electron chi connectivity index (χ4n) is 1.36. The van der Waals surface area contributed by atoms with Crippen molar-refractivity contribution in [2.45, 2.75) is 20.3 Å². The Balaban J connectivity index is 0.000000441. The number of hydrogen-bond donors (Lipinski definition) is 3. The van der Waals surface area contributed by atoms with Crippen molar-refractivity contribution < 1.29 is 32.8 Å². The maximum absolute atomic E-state index is 10.6. The van der Waals surface area contributed by atoms with Gasteiger partial charge in [-0.05, 0) is 31.0 Å². The molecule has 1 rings (SSSR count). The molecule has 7 nitrogen and oxygen atoms in total. The summed E-state index contributed by atoms with van der Waals surface area (Å²) in [6, 6.07) is 4.17. The second-order valence-corrected chi connectivity index (χ2v) is 5.45. The number of rotatable bonds is 4. The minimum Gasteiger partial charge on any atom is -0.478 e. The summed E-state index contributed by atoms with van der Waals surface area (Å²) in [7, 11) is -3.67. The van der Waals surface area contributed by atoms with Gasteiger partial charge < -0.3 is 10.2 Å². The summed E-state index contributed by atoms with van der Waals surface area (Å²) in [5.41, 5.74) is 0.335. The number of benzene rings is 1. The van der Waals surface area contributed by atoms with Gasteiger partial charge in [0.1, 0.15) is 0 Å². The molecule has 0 radical (unpaired) electrons. The lowest BCUT2D eigenvalue weighted by molar-refractivity contribution is 0.0696. The van der Waals surface area contributed by atoms with E-state index in [1.54, 1.807) is 6.92 Å². The van der Waals surface area contributed by atoms with E-state index >= 15 is 0 Å². The summed E-state index contributed by atoms with van der Waals surface area (Å²) in [6.45, 7) is 3.17. The maximum atomic E-state index is 10.6. The van der Waals surface area contributed by atoms with Crippen LogP contribution in [-0.2, 0) is 10.1 Å². The monoisotopic (exact) mass is 304 g/mol. The van der Waals surface area contributed by atoms with Gasteiger partial charge >= 0.3 is 11.9 Å². The van der Waals surface area contributed by atoms with Crippen LogP contribution < -0.4 is 0 Å². The fourth-order valence-corrected chi connectivity index (χ4v) is 1.87. The molecule has 1 aromatic rings. The van der Waals surface area contributed by atoms with Crippen LogP contribution in [0.2, 0.25) is 0 Å². The first-order chi connectivity index (χ1) is 9.10. The van der Waals surface area contributed by atoms with E-state index in [-0.39, 0.29) is 22.4 Å². The quantitative estimate of drug-likeness (QED) is 0.721. The van der Waals surface area contributed by atoms with Crippen LogP contribution in [0.25, 0.3) is 0 Å². The van der Waals surface area contributed by atoms with Crippen molar-refractivity contribution in [2.24, 2.45) is 0 Å². The molecule has 0 unspecified atom stereocenters. The van der Waals surface area contributed by atoms with Crippen LogP contribution in [0, 0.1) is 6.92 Å². The number of hydrogen-bond acceptors (Lipinski definition) is 4. The highest BCUT2D eigenvalue weighted by Gasteiger charge is 2.13. The van der Waals surface area contributed by atoms with E-state index in [0.717, 1.165) is 0 Å². The molecule has 0 spiro atoms. The van der Waals surface area contributed by atoms with Crippen molar-refractivity contribution in [3.8, 4) is 0 Å². The highest BCUT2D eigenvalue weighted by molar-refractivity contribution is 7.85. The molecular formula is C12H16O7S. The minimum absolute atomic E-state index is 0.0277. The molecule has 0 saturated heterocycles. The first-order valence-electron chi connectivity index (χ1n) is 5.61. The van der Waals surface area contributed by atoms with Gasteiger partial charge in [-0.2, -0.15) is 8.42 Å². The van der Waals surface area contributed by atoms with Gasteiger partial charge in [0.15, 0.2) is 0 Å². The molecule has 0 fully saturated rings. The number of carbonyl (C=O) groups is 2. The van der Waals surface area contributed by atoms with Gasteiger partial charge in [-0.15, -0.1) is 0 Å². The minimum atomic E-state index is -3.67. The fraction of sp³-hybridized carbons (Fsp3) is 0.333. The smallest absolute Gasteiger partial charge is 0.335 e. The van der Waals surface area contributed by atoms with E-state index in [2.05, 4.69) is 0 Å². The predicted octanol–water partition coefficient (Wildman–Crippen LogP) is 1.68. The summed E-state index contributed by atoms with van der Waals surface area (Å²) in [5, 5.41) is 17.4. The molecule has 20 heavy (non-hydrogen) atoms. The molecule has 0 aromatic heterocycles. The molecule has 8 heteroatoms. The molecular weight excluding hydrogens is 288 g/mol. The molecule has 0 saturated carbocycles. The van der Waals surface area contributed by atoms with E-state index < -0.39 is 22.1 Å². The number of carboxylic acids is 2. The summed E-state index contributed by atoms with van der Waals surface area (Å²) in [4.78, 5) is 21.2. The lowest BCUT2D eigenvalue weighted by atomic mass is 10.0. The van der Waals surface area contributed by atoms with E-state index in [1.165, 1.54) is 25.1 Å². The Kier molecular flexibility index (Phi) is 6.87. The molecule has 0 aliphatic heterocycles. The lowest BCUT2D eigenvalue weighted by Crippen LogP contribution is -2.06. The average molecular weight is 304 g/mol. The topological polar surface area (TPSA) is 129 Å². The standard InChI is InChI=1S/C9H8O4.C3H8O3S/c1-5-6(8(10)11)3-2-4-7(5)9(12)13;1-2-3-7(4,5)6/h2-4H,1H3,(H,10,11)(H,12,13);2-3H2,1H3,(H,4,5,6). The zero-order valence-electron chi connectivity index (χ0n) is 11.0. The molecule has 0 heterocycles. The Morgan fingerprint density at radius 3 is 1.70 bits per heavy atom. The van der Waals surface area contributed by atoms with Crippen LogP contribution in [0.15, 0.2) is 18.2 Å². The summed E-state index contributed by atoms with van der Waals surface area (Å²) in [5.74, 6) is -2.35. The Hall–Kier alpha value is -1.93. The van der Waals surface area contributed by atoms with Crippen molar-refractivity contribution in [1.82, 2.24) is 0 Å². The Labute approximate surface area is 116 Å². The van der Waals surface area contributed by atoms with Gasteiger partial charge in [-0.1, -0.05) is 13.0 Å². The zero-order chi connectivity index (χ0) is 15.9. The summed E-state index contributed by atoms with van der Waals surface area (Å²) in [6.07, 6.45) is 0.471. The van der Waals surface area contributed by atoms with Crippen molar-refractivity contribution in [3.05, 3.63) is 34.9 Å². The van der Waals surface area contributed by atoms with Crippen LogP contribution in [0.4, 0.5) is 0 Å². The lowest BCUT2D eigenvalue weighted by Gasteiger charge is -2.03. The maximum Gasteiger partial charge on any atom is 0.335 e. The van der Waals surface area contributed by atoms with Crippen LogP contribution in [0.3, 0.4) is 0 Å². The molecule has 0 amide bonds. The van der Waals surface area contributed by atoms with Crippen molar-refractivity contribution in [3.63, 3.8) is 0 Å². The SMILES string of the molecule is CCCS(=O)(=O)O.Cc1c(C(=O)O)cccc1C(=O)O. The Morgan fingerprint density at radius 2 is 1.50 bits per heavy atom. The molecule has 1 aromatic carbocycles. The second-order valence-electron chi connectivity index (χ2n) is 3.87. The summed E-state index contributed by atoms with van der Waals surface area (Å²) >= 11 is 0. The Bertz CT molecular complexity index is 558. The zero-order valence-corrected chi connectivity index (χ0v) is 11.8. The van der Waals surface area contributed by atoms with E-state index in [1.807, 2.05) is 0 Å². The van der Waals surface area contributed by atoms with Gasteiger partial charge in [-0.3, -0.25) is 4.55 Å². The third-order valence-corrected chi connectivity index (χ3v) is 3.18. The largest absolute Gasteiger partial charge is 0.478 e. The molecule has 112 valence electrons. The molecule has 0 atom stereocenters. The van der Waals surface area contributed by atoms with Crippen molar-refractivity contribution in [1.29, 1.82) is 0 Å². The van der Waals surface area contributed by atoms with Gasteiger partial charge in [0.05, 0.1) is 16.9 Å². The molecule has 0 aliphatic rings. The van der Waals surface area contributed by atoms with Gasteiger partial charge in [0.25, 0.3) is 10.1 Å². The first kappa shape index (κ1) is 18.1. The first-order valence-corrected chi connectivity index (χ1v) is 7.22. The van der Waals surface area contributed by atoms with Gasteiger partial charge in [0.2, 0.25) is 0 Å². The van der Waals surface area contributed by atoms with Crippen molar-refractivity contribution in [2.75, 3.05) is 5.75 Å². The second kappa shape index (κ2) is 7.61. The van der Waals surface area contributed by atoms with Crippen LogP contribution in [0.1, 0.15) is 39.6 Å². The van der Waals surface area contributed by atoms with Gasteiger partial charge in [-0.25, -0.2) is 9.59 Å². The third-order valence-electron chi connectivity index (χ3n) is 2.26.